The Kier molecular flexibility index (Phi) is 6.16. The normalized spacial score (nSPS) is 14.4. The molecule has 1 aliphatic rings. The summed E-state index contributed by atoms with van der Waals surface area (Å²) in [6.45, 7) is 3.84. The van der Waals surface area contributed by atoms with Gasteiger partial charge >= 0.3 is 15.6 Å². The number of nitrogens with zero attached hydrogens (tertiary/aromatic N) is 1. The maximum atomic E-state index is 12.7. The molecule has 0 atom stereocenters. The Labute approximate surface area is 198 Å². The molecule has 1 heterocycles. The van der Waals surface area contributed by atoms with E-state index in [-0.39, 0.29) is 27.7 Å². The molecule has 0 spiro atoms. The summed E-state index contributed by atoms with van der Waals surface area (Å²) in [7, 11) is -6.23. The number of amides is 2. The second-order valence-corrected chi connectivity index (χ2v) is 9.40. The predicted octanol–water partition coefficient (Wildman–Crippen LogP) is 5.17. The zero-order valence-electron chi connectivity index (χ0n) is 18.4. The van der Waals surface area contributed by atoms with Gasteiger partial charge in [0.2, 0.25) is 0 Å². The van der Waals surface area contributed by atoms with E-state index in [0.29, 0.717) is 10.9 Å². The summed E-state index contributed by atoms with van der Waals surface area (Å²) in [4.78, 5) is 25.5. The average Bonchev–Trinajstić information content (AvgIpc) is 2.79. The molecule has 4 rings (SSSR count). The lowest BCUT2D eigenvalue weighted by Gasteiger charge is -2.26. The van der Waals surface area contributed by atoms with Gasteiger partial charge in [-0.05, 0) is 54.6 Å². The van der Waals surface area contributed by atoms with Gasteiger partial charge in [-0.15, -0.1) is 9.35 Å². The summed E-state index contributed by atoms with van der Waals surface area (Å²) < 4.78 is 70.5. The molecule has 0 bridgehead atoms. The van der Waals surface area contributed by atoms with Crippen molar-refractivity contribution in [2.45, 2.75) is 25.5 Å². The van der Waals surface area contributed by atoms with E-state index in [4.69, 9.17) is 4.74 Å². The van der Waals surface area contributed by atoms with Crippen LogP contribution in [0.4, 0.5) is 13.2 Å². The van der Waals surface area contributed by atoms with Crippen LogP contribution in [0.5, 0.6) is 5.75 Å². The number of hydrogen-bond donors (Lipinski definition) is 0. The summed E-state index contributed by atoms with van der Waals surface area (Å²) in [5, 5.41) is 0.293. The SMILES string of the molecule is CC(C)Oc1ccc(C=Cc2ccc3c4c(cccc24)C(=O)N(OS(=O)(=O)C(F)(F)F)C3=O)cc1. The van der Waals surface area contributed by atoms with E-state index in [1.54, 1.807) is 24.3 Å². The smallest absolute Gasteiger partial charge is 0.491 e. The third kappa shape index (κ3) is 4.64. The van der Waals surface area contributed by atoms with Gasteiger partial charge in [0, 0.05) is 5.39 Å². The van der Waals surface area contributed by atoms with Gasteiger partial charge in [0.15, 0.2) is 0 Å². The molecule has 0 N–H and O–H groups in total. The number of alkyl halides is 3. The van der Waals surface area contributed by atoms with Crippen LogP contribution in [0.15, 0.2) is 54.6 Å². The maximum Gasteiger partial charge on any atom is 0.525 e. The van der Waals surface area contributed by atoms with Crippen molar-refractivity contribution in [1.29, 1.82) is 0 Å². The summed E-state index contributed by atoms with van der Waals surface area (Å²) in [6, 6.07) is 14.6. The average molecular weight is 505 g/mol. The summed E-state index contributed by atoms with van der Waals surface area (Å²) in [5.41, 5.74) is -4.66. The van der Waals surface area contributed by atoms with Crippen molar-refractivity contribution >= 4 is 44.9 Å². The minimum Gasteiger partial charge on any atom is -0.491 e. The van der Waals surface area contributed by atoms with Gasteiger partial charge in [0.25, 0.3) is 11.8 Å². The van der Waals surface area contributed by atoms with Gasteiger partial charge in [0.05, 0.1) is 17.2 Å². The molecule has 35 heavy (non-hydrogen) atoms. The van der Waals surface area contributed by atoms with E-state index in [9.17, 15) is 31.2 Å². The molecular formula is C24H18F3NO6S. The third-order valence-electron chi connectivity index (χ3n) is 5.07. The molecular weight excluding hydrogens is 487 g/mol. The fraction of sp³-hybridized carbons (Fsp3) is 0.167. The predicted molar refractivity (Wildman–Crippen MR) is 122 cm³/mol. The van der Waals surface area contributed by atoms with Crippen LogP contribution in [0.25, 0.3) is 22.9 Å². The van der Waals surface area contributed by atoms with Gasteiger partial charge in [0.1, 0.15) is 5.75 Å². The van der Waals surface area contributed by atoms with Gasteiger partial charge in [-0.3, -0.25) is 9.59 Å². The van der Waals surface area contributed by atoms with Crippen molar-refractivity contribution in [1.82, 2.24) is 5.06 Å². The highest BCUT2D eigenvalue weighted by atomic mass is 32.2. The Hall–Kier alpha value is -3.70. The number of benzene rings is 3. The third-order valence-corrected chi connectivity index (χ3v) is 5.98. The molecule has 0 radical (unpaired) electrons. The van der Waals surface area contributed by atoms with E-state index >= 15 is 0 Å². The topological polar surface area (TPSA) is 90.0 Å². The summed E-state index contributed by atoms with van der Waals surface area (Å²) >= 11 is 0. The molecule has 1 aliphatic heterocycles. The molecule has 0 aromatic heterocycles. The lowest BCUT2D eigenvalue weighted by molar-refractivity contribution is -0.0761. The number of hydroxylamine groups is 2. The number of hydrogen-bond acceptors (Lipinski definition) is 6. The van der Waals surface area contributed by atoms with E-state index in [0.717, 1.165) is 11.3 Å². The first-order valence-electron chi connectivity index (χ1n) is 10.3. The van der Waals surface area contributed by atoms with Crippen LogP contribution >= 0.6 is 0 Å². The zero-order valence-corrected chi connectivity index (χ0v) is 19.2. The summed E-state index contributed by atoms with van der Waals surface area (Å²) in [5.74, 6) is -1.92. The quantitative estimate of drug-likeness (QED) is 0.261. The number of ether oxygens (including phenoxy) is 1. The van der Waals surface area contributed by atoms with Crippen molar-refractivity contribution in [3.05, 3.63) is 76.9 Å². The first kappa shape index (κ1) is 24.4. The molecule has 0 saturated heterocycles. The Morgan fingerprint density at radius 3 is 2.11 bits per heavy atom. The van der Waals surface area contributed by atoms with Crippen LogP contribution in [0, 0.1) is 0 Å². The second-order valence-electron chi connectivity index (χ2n) is 7.88. The number of carbonyl (C=O) groups excluding carboxylic acids is 2. The molecule has 2 amide bonds. The molecule has 0 unspecified atom stereocenters. The van der Waals surface area contributed by atoms with E-state index in [1.165, 1.54) is 18.2 Å². The minimum absolute atomic E-state index is 0.0364. The molecule has 11 heteroatoms. The highest BCUT2D eigenvalue weighted by Gasteiger charge is 2.51. The van der Waals surface area contributed by atoms with Crippen LogP contribution in [0.2, 0.25) is 0 Å². The van der Waals surface area contributed by atoms with E-state index < -0.39 is 27.4 Å². The van der Waals surface area contributed by atoms with Gasteiger partial charge in [-0.2, -0.15) is 21.6 Å². The lowest BCUT2D eigenvalue weighted by Crippen LogP contribution is -2.44. The fourth-order valence-corrected chi connectivity index (χ4v) is 3.98. The second kappa shape index (κ2) is 8.82. The van der Waals surface area contributed by atoms with Gasteiger partial charge in [-0.25, -0.2) is 0 Å². The van der Waals surface area contributed by atoms with Crippen LogP contribution in [0.3, 0.4) is 0 Å². The lowest BCUT2D eigenvalue weighted by atomic mass is 9.92. The highest BCUT2D eigenvalue weighted by Crippen LogP contribution is 2.35. The van der Waals surface area contributed by atoms with Crippen LogP contribution in [0.1, 0.15) is 45.7 Å². The number of halogens is 3. The standard InChI is InChI=1S/C24H18F3NO6S/c1-14(2)33-17-11-7-15(8-12-17)6-9-16-10-13-20-21-18(16)4-3-5-19(21)22(29)28(23(20)30)34-35(31,32)24(25,26)27/h3-14H,1-2H3. The van der Waals surface area contributed by atoms with Gasteiger partial charge < -0.3 is 4.74 Å². The first-order valence-corrected chi connectivity index (χ1v) is 11.7. The molecule has 3 aromatic rings. The summed E-state index contributed by atoms with van der Waals surface area (Å²) in [6.07, 6.45) is 3.60. The fourth-order valence-electron chi connectivity index (χ4n) is 3.57. The number of carbonyl (C=O) groups is 2. The molecule has 0 fully saturated rings. The van der Waals surface area contributed by atoms with Crippen molar-refractivity contribution in [3.8, 4) is 5.75 Å². The molecule has 7 nitrogen and oxygen atoms in total. The Balaban J connectivity index is 1.70. The van der Waals surface area contributed by atoms with Crippen molar-refractivity contribution < 1.29 is 40.2 Å². The number of imide groups is 1. The van der Waals surface area contributed by atoms with E-state index in [2.05, 4.69) is 4.28 Å². The largest absolute Gasteiger partial charge is 0.525 e. The number of rotatable bonds is 6. The van der Waals surface area contributed by atoms with Gasteiger partial charge in [-0.1, -0.05) is 42.5 Å². The maximum absolute atomic E-state index is 12.7. The first-order chi connectivity index (χ1) is 16.4. The van der Waals surface area contributed by atoms with E-state index in [1.807, 2.05) is 38.1 Å². The van der Waals surface area contributed by atoms with Crippen molar-refractivity contribution in [2.24, 2.45) is 0 Å². The Bertz CT molecular complexity index is 1440. The molecule has 3 aromatic carbocycles. The minimum atomic E-state index is -6.23. The highest BCUT2D eigenvalue weighted by molar-refractivity contribution is 7.87. The van der Waals surface area contributed by atoms with Crippen LogP contribution in [-0.4, -0.2) is 36.9 Å². The monoisotopic (exact) mass is 505 g/mol. The Morgan fingerprint density at radius 2 is 1.51 bits per heavy atom. The van der Waals surface area contributed by atoms with Crippen molar-refractivity contribution in [2.75, 3.05) is 0 Å². The molecule has 182 valence electrons. The van der Waals surface area contributed by atoms with Crippen molar-refractivity contribution in [3.63, 3.8) is 0 Å². The van der Waals surface area contributed by atoms with Crippen LogP contribution in [-0.2, 0) is 14.4 Å². The Morgan fingerprint density at radius 1 is 0.886 bits per heavy atom. The molecule has 0 aliphatic carbocycles. The van der Waals surface area contributed by atoms with Crippen LogP contribution < -0.4 is 4.74 Å². The molecule has 0 saturated carbocycles. The zero-order chi connectivity index (χ0) is 25.5.